The Hall–Kier alpha value is 3.53. The molecule has 0 spiro atoms. The SMILES string of the molecule is Sc1nnc(S)s1.[KH].[KH]. The molecule has 0 unspecified atom stereocenters. The van der Waals surface area contributed by atoms with Crippen molar-refractivity contribution < 1.29 is 0 Å². The van der Waals surface area contributed by atoms with Crippen LogP contribution in [-0.4, -0.2) is 113 Å². The van der Waals surface area contributed by atoms with Crippen LogP contribution in [0.25, 0.3) is 0 Å². The van der Waals surface area contributed by atoms with Crippen molar-refractivity contribution in [3.8, 4) is 0 Å². The third kappa shape index (κ3) is 6.67. The van der Waals surface area contributed by atoms with Crippen LogP contribution in [0.15, 0.2) is 8.68 Å². The van der Waals surface area contributed by atoms with Gasteiger partial charge in [0.2, 0.25) is 0 Å². The molecule has 1 aromatic heterocycles. The topological polar surface area (TPSA) is 25.8 Å². The Balaban J connectivity index is 0. The molecule has 0 aliphatic heterocycles. The van der Waals surface area contributed by atoms with Gasteiger partial charge in [-0.25, -0.2) is 0 Å². The summed E-state index contributed by atoms with van der Waals surface area (Å²) in [6.45, 7) is 0. The van der Waals surface area contributed by atoms with Gasteiger partial charge < -0.3 is 0 Å². The summed E-state index contributed by atoms with van der Waals surface area (Å²) in [5, 5.41) is 7.15. The van der Waals surface area contributed by atoms with Crippen LogP contribution in [0.1, 0.15) is 0 Å². The van der Waals surface area contributed by atoms with Gasteiger partial charge in [-0.2, -0.15) is 0 Å². The summed E-state index contributed by atoms with van der Waals surface area (Å²) in [4.78, 5) is 0. The monoisotopic (exact) mass is 230 g/mol. The van der Waals surface area contributed by atoms with Gasteiger partial charge in [-0.3, -0.25) is 0 Å². The second-order valence-corrected chi connectivity index (χ2v) is 3.30. The maximum absolute atomic E-state index is 3.90. The van der Waals surface area contributed by atoms with E-state index in [1.165, 1.54) is 11.3 Å². The summed E-state index contributed by atoms with van der Waals surface area (Å²) in [6, 6.07) is 0. The second-order valence-electron chi connectivity index (χ2n) is 0.867. The van der Waals surface area contributed by atoms with Gasteiger partial charge in [-0.1, -0.05) is 11.3 Å². The molecule has 0 amide bonds. The van der Waals surface area contributed by atoms with Gasteiger partial charge in [-0.05, 0) is 0 Å². The van der Waals surface area contributed by atoms with Crippen molar-refractivity contribution >= 4 is 139 Å². The predicted molar refractivity (Wildman–Crippen MR) is 48.7 cm³/mol. The van der Waals surface area contributed by atoms with Crippen LogP contribution in [0.5, 0.6) is 0 Å². The molecule has 0 aromatic carbocycles. The van der Waals surface area contributed by atoms with Gasteiger partial charge in [0.1, 0.15) is 0 Å². The predicted octanol–water partition coefficient (Wildman–Crippen LogP) is -0.182. The zero-order valence-corrected chi connectivity index (χ0v) is 5.80. The quantitative estimate of drug-likeness (QED) is 0.478. The molecule has 42 valence electrons. The van der Waals surface area contributed by atoms with Crippen molar-refractivity contribution in [1.82, 2.24) is 10.2 Å². The first-order valence-corrected chi connectivity index (χ1v) is 3.21. The van der Waals surface area contributed by atoms with Crippen molar-refractivity contribution in [2.24, 2.45) is 0 Å². The van der Waals surface area contributed by atoms with Crippen LogP contribution in [0.3, 0.4) is 0 Å². The summed E-state index contributed by atoms with van der Waals surface area (Å²) in [6.07, 6.45) is 0. The third-order valence-corrected chi connectivity index (χ3v) is 1.66. The van der Waals surface area contributed by atoms with Crippen LogP contribution >= 0.6 is 36.6 Å². The van der Waals surface area contributed by atoms with E-state index in [2.05, 4.69) is 35.5 Å². The van der Waals surface area contributed by atoms with Gasteiger partial charge in [-0.15, -0.1) is 35.5 Å². The summed E-state index contributed by atoms with van der Waals surface area (Å²) in [5.74, 6) is 0. The molecule has 1 heterocycles. The van der Waals surface area contributed by atoms with Crippen molar-refractivity contribution in [1.29, 1.82) is 0 Å². The molecule has 1 aromatic rings. The molecule has 0 atom stereocenters. The van der Waals surface area contributed by atoms with Crippen LogP contribution in [-0.2, 0) is 0 Å². The van der Waals surface area contributed by atoms with E-state index in [0.717, 1.165) is 0 Å². The molecular weight excluding hydrogens is 226 g/mol. The van der Waals surface area contributed by atoms with E-state index >= 15 is 0 Å². The summed E-state index contributed by atoms with van der Waals surface area (Å²) >= 11 is 9.15. The Morgan fingerprint density at radius 1 is 1.00 bits per heavy atom. The van der Waals surface area contributed by atoms with Crippen LogP contribution in [0, 0.1) is 0 Å². The van der Waals surface area contributed by atoms with Gasteiger partial charge in [0.05, 0.1) is 0 Å². The van der Waals surface area contributed by atoms with Crippen LogP contribution < -0.4 is 0 Å². The summed E-state index contributed by atoms with van der Waals surface area (Å²) in [5.41, 5.74) is 0. The molecule has 2 nitrogen and oxygen atoms in total. The maximum atomic E-state index is 3.90. The molecule has 7 heteroatoms. The molecule has 0 aliphatic carbocycles. The first-order chi connectivity index (χ1) is 3.29. The van der Waals surface area contributed by atoms with Crippen molar-refractivity contribution in [3.63, 3.8) is 0 Å². The van der Waals surface area contributed by atoms with E-state index in [0.29, 0.717) is 8.68 Å². The Morgan fingerprint density at radius 2 is 1.33 bits per heavy atom. The minimum absolute atomic E-state index is 0. The van der Waals surface area contributed by atoms with Crippen LogP contribution in [0.2, 0.25) is 0 Å². The van der Waals surface area contributed by atoms with Gasteiger partial charge in [0, 0.05) is 0 Å². The van der Waals surface area contributed by atoms with E-state index in [9.17, 15) is 0 Å². The molecule has 0 saturated heterocycles. The Morgan fingerprint density at radius 3 is 1.44 bits per heavy atom. The fourth-order valence-corrected chi connectivity index (χ4v) is 1.36. The molecule has 0 N–H and O–H groups in total. The molecule has 0 radical (unpaired) electrons. The number of hydrogen-bond donors (Lipinski definition) is 2. The zero-order valence-electron chi connectivity index (χ0n) is 3.20. The van der Waals surface area contributed by atoms with Gasteiger partial charge in [0.25, 0.3) is 0 Å². The average Bonchev–Trinajstić information content (AvgIpc) is 1.87. The molecular formula is C2H4K2N2S3. The minimum atomic E-state index is 0. The Bertz CT molecular complexity index is 150. The van der Waals surface area contributed by atoms with Gasteiger partial charge >= 0.3 is 103 Å². The molecule has 9 heavy (non-hydrogen) atoms. The normalized spacial score (nSPS) is 7.33. The van der Waals surface area contributed by atoms with E-state index in [-0.39, 0.29) is 103 Å². The first-order valence-electron chi connectivity index (χ1n) is 1.50. The number of rotatable bonds is 0. The standard InChI is InChI=1S/C2H2N2S3.2K.2H/c5-1-3-4-2(6)7-1;;;;/h(H,3,5)(H,4,6);;;;. The van der Waals surface area contributed by atoms with E-state index in [4.69, 9.17) is 0 Å². The Kier molecular flexibility index (Phi) is 13.6. The fourth-order valence-electron chi connectivity index (χ4n) is 0.208. The van der Waals surface area contributed by atoms with E-state index in [1.54, 1.807) is 0 Å². The van der Waals surface area contributed by atoms with E-state index in [1.807, 2.05) is 0 Å². The number of aromatic nitrogens is 2. The van der Waals surface area contributed by atoms with Crippen molar-refractivity contribution in [2.45, 2.75) is 8.68 Å². The first kappa shape index (κ1) is 15.0. The summed E-state index contributed by atoms with van der Waals surface area (Å²) < 4.78 is 1.31. The van der Waals surface area contributed by atoms with Gasteiger partial charge in [0.15, 0.2) is 8.68 Å². The third-order valence-electron chi connectivity index (χ3n) is 0.404. The zero-order chi connectivity index (χ0) is 5.28. The average molecular weight is 230 g/mol. The molecule has 0 bridgehead atoms. The molecule has 1 rings (SSSR count). The van der Waals surface area contributed by atoms with Crippen molar-refractivity contribution in [2.75, 3.05) is 0 Å². The van der Waals surface area contributed by atoms with E-state index < -0.39 is 0 Å². The number of thiol groups is 2. The second kappa shape index (κ2) is 8.15. The number of hydrogen-bond acceptors (Lipinski definition) is 5. The fraction of sp³-hybridized carbons (Fsp3) is 0. The molecule has 0 saturated carbocycles. The van der Waals surface area contributed by atoms with Crippen molar-refractivity contribution in [3.05, 3.63) is 0 Å². The number of nitrogens with zero attached hydrogens (tertiary/aromatic N) is 2. The summed E-state index contributed by atoms with van der Waals surface area (Å²) in [7, 11) is 0. The van der Waals surface area contributed by atoms with Crippen LogP contribution in [0.4, 0.5) is 0 Å². The Labute approximate surface area is 154 Å². The molecule has 0 fully saturated rings. The molecule has 0 aliphatic rings.